The molecule has 1 aromatic rings. The molecule has 0 saturated heterocycles. The lowest BCUT2D eigenvalue weighted by molar-refractivity contribution is -0.141. The lowest BCUT2D eigenvalue weighted by Gasteiger charge is -2.12. The van der Waals surface area contributed by atoms with Crippen molar-refractivity contribution in [3.63, 3.8) is 0 Å². The number of methoxy groups -OCH3 is 1. The number of carbonyl (C=O) groups is 1. The second-order valence-electron chi connectivity index (χ2n) is 4.53. The number of rotatable bonds is 5. The van der Waals surface area contributed by atoms with Crippen LogP contribution in [0, 0.1) is 16.7 Å². The molecule has 0 amide bonds. The van der Waals surface area contributed by atoms with Gasteiger partial charge in [0, 0.05) is 16.8 Å². The van der Waals surface area contributed by atoms with Crippen LogP contribution in [0.1, 0.15) is 25.0 Å². The Morgan fingerprint density at radius 2 is 2.44 bits per heavy atom. The second kappa shape index (κ2) is 5.40. The lowest BCUT2D eigenvalue weighted by Crippen LogP contribution is -2.12. The number of thioether (sulfide) groups is 1. The first kappa shape index (κ1) is 12.9. The monoisotopic (exact) mass is 262 g/mol. The largest absolute Gasteiger partial charge is 0.469 e. The number of pyridine rings is 1. The van der Waals surface area contributed by atoms with E-state index in [1.807, 2.05) is 12.1 Å². The van der Waals surface area contributed by atoms with Gasteiger partial charge in [-0.05, 0) is 30.4 Å². The van der Waals surface area contributed by atoms with E-state index in [9.17, 15) is 4.79 Å². The molecular weight excluding hydrogens is 248 g/mol. The molecule has 1 aliphatic carbocycles. The van der Waals surface area contributed by atoms with Gasteiger partial charge in [0.05, 0.1) is 13.5 Å². The van der Waals surface area contributed by atoms with Crippen LogP contribution < -0.4 is 0 Å². The van der Waals surface area contributed by atoms with Crippen LogP contribution in [0.2, 0.25) is 0 Å². The molecule has 0 aromatic carbocycles. The van der Waals surface area contributed by atoms with Crippen molar-refractivity contribution in [2.24, 2.45) is 5.41 Å². The van der Waals surface area contributed by atoms with E-state index in [1.165, 1.54) is 7.11 Å². The van der Waals surface area contributed by atoms with Gasteiger partial charge in [0.1, 0.15) is 11.8 Å². The van der Waals surface area contributed by atoms with Gasteiger partial charge in [0.2, 0.25) is 0 Å². The molecule has 1 saturated carbocycles. The second-order valence-corrected chi connectivity index (χ2v) is 5.58. The fourth-order valence-corrected chi connectivity index (χ4v) is 2.94. The fraction of sp³-hybridized carbons (Fsp3) is 0.462. The topological polar surface area (TPSA) is 63.0 Å². The quantitative estimate of drug-likeness (QED) is 0.602. The van der Waals surface area contributed by atoms with Gasteiger partial charge in [0.15, 0.2) is 0 Å². The van der Waals surface area contributed by atoms with Crippen LogP contribution in [-0.4, -0.2) is 23.8 Å². The van der Waals surface area contributed by atoms with E-state index in [2.05, 4.69) is 4.98 Å². The number of carbonyl (C=O) groups excluding carboxylic acids is 1. The highest BCUT2D eigenvalue weighted by molar-refractivity contribution is 7.99. The number of hydrogen-bond acceptors (Lipinski definition) is 5. The molecule has 0 aliphatic heterocycles. The van der Waals surface area contributed by atoms with Crippen LogP contribution >= 0.6 is 11.8 Å². The van der Waals surface area contributed by atoms with Crippen LogP contribution in [0.25, 0.3) is 0 Å². The molecule has 0 unspecified atom stereocenters. The van der Waals surface area contributed by atoms with E-state index in [4.69, 9.17) is 10.00 Å². The van der Waals surface area contributed by atoms with Crippen LogP contribution in [-0.2, 0) is 9.53 Å². The van der Waals surface area contributed by atoms with Crippen LogP contribution in [0.3, 0.4) is 0 Å². The number of nitriles is 1. The summed E-state index contributed by atoms with van der Waals surface area (Å²) in [5, 5.41) is 8.77. The number of ether oxygens (including phenoxy) is 1. The number of aromatic nitrogens is 1. The minimum Gasteiger partial charge on any atom is -0.469 e. The van der Waals surface area contributed by atoms with Gasteiger partial charge in [-0.1, -0.05) is 0 Å². The van der Waals surface area contributed by atoms with Crippen molar-refractivity contribution in [1.29, 1.82) is 5.26 Å². The smallest absolute Gasteiger partial charge is 0.306 e. The molecule has 1 aliphatic rings. The van der Waals surface area contributed by atoms with Crippen molar-refractivity contribution in [2.45, 2.75) is 24.2 Å². The summed E-state index contributed by atoms with van der Waals surface area (Å²) in [5.74, 6) is 0.748. The molecule has 4 nitrogen and oxygen atoms in total. The minimum absolute atomic E-state index is 0.105. The van der Waals surface area contributed by atoms with Gasteiger partial charge in [-0.2, -0.15) is 5.26 Å². The highest BCUT2D eigenvalue weighted by Crippen LogP contribution is 2.52. The van der Waals surface area contributed by atoms with E-state index in [0.29, 0.717) is 12.1 Å². The lowest BCUT2D eigenvalue weighted by atomic mass is 10.1. The molecule has 0 spiro atoms. The molecule has 1 heterocycles. The van der Waals surface area contributed by atoms with E-state index in [-0.39, 0.29) is 11.4 Å². The summed E-state index contributed by atoms with van der Waals surface area (Å²) in [6.45, 7) is 0. The fourth-order valence-electron chi connectivity index (χ4n) is 1.73. The number of nitrogens with zero attached hydrogens (tertiary/aromatic N) is 2. The van der Waals surface area contributed by atoms with Gasteiger partial charge in [-0.25, -0.2) is 4.98 Å². The SMILES string of the molecule is COC(=O)CC1(CSc2ccnc(C#N)c2)CC1. The van der Waals surface area contributed by atoms with E-state index in [0.717, 1.165) is 23.5 Å². The maximum atomic E-state index is 11.3. The normalized spacial score (nSPS) is 15.8. The van der Waals surface area contributed by atoms with Crippen molar-refractivity contribution in [3.8, 4) is 6.07 Å². The van der Waals surface area contributed by atoms with Crippen molar-refractivity contribution in [3.05, 3.63) is 24.0 Å². The van der Waals surface area contributed by atoms with Gasteiger partial charge in [0.25, 0.3) is 0 Å². The molecular formula is C13H14N2O2S. The maximum Gasteiger partial charge on any atom is 0.306 e. The Balaban J connectivity index is 1.91. The minimum atomic E-state index is -0.138. The first-order chi connectivity index (χ1) is 8.67. The Morgan fingerprint density at radius 1 is 1.67 bits per heavy atom. The third-order valence-corrected chi connectivity index (χ3v) is 4.44. The van der Waals surface area contributed by atoms with Crippen LogP contribution in [0.15, 0.2) is 23.2 Å². The van der Waals surface area contributed by atoms with Gasteiger partial charge in [-0.15, -0.1) is 11.8 Å². The number of hydrogen-bond donors (Lipinski definition) is 0. The summed E-state index contributed by atoms with van der Waals surface area (Å²) in [6, 6.07) is 5.69. The highest BCUT2D eigenvalue weighted by atomic mass is 32.2. The molecule has 0 radical (unpaired) electrons. The third kappa shape index (κ3) is 3.23. The van der Waals surface area contributed by atoms with Gasteiger partial charge >= 0.3 is 5.97 Å². The van der Waals surface area contributed by atoms with Crippen molar-refractivity contribution in [2.75, 3.05) is 12.9 Å². The molecule has 5 heteroatoms. The van der Waals surface area contributed by atoms with E-state index >= 15 is 0 Å². The summed E-state index contributed by atoms with van der Waals surface area (Å²) in [7, 11) is 1.42. The molecule has 94 valence electrons. The zero-order valence-electron chi connectivity index (χ0n) is 10.2. The van der Waals surface area contributed by atoms with Gasteiger partial charge < -0.3 is 4.74 Å². The average molecular weight is 262 g/mol. The number of esters is 1. The molecule has 0 bridgehead atoms. The van der Waals surface area contributed by atoms with Crippen molar-refractivity contribution >= 4 is 17.7 Å². The first-order valence-electron chi connectivity index (χ1n) is 5.73. The summed E-state index contributed by atoms with van der Waals surface area (Å²) in [5.41, 5.74) is 0.534. The highest BCUT2D eigenvalue weighted by Gasteiger charge is 2.44. The molecule has 2 rings (SSSR count). The molecule has 1 fully saturated rings. The summed E-state index contributed by atoms with van der Waals surface area (Å²) < 4.78 is 4.71. The Labute approximate surface area is 110 Å². The molecule has 0 atom stereocenters. The average Bonchev–Trinajstić information content (AvgIpc) is 3.17. The molecule has 18 heavy (non-hydrogen) atoms. The predicted octanol–water partition coefficient (Wildman–Crippen LogP) is 2.39. The van der Waals surface area contributed by atoms with Crippen molar-refractivity contribution in [1.82, 2.24) is 4.98 Å². The van der Waals surface area contributed by atoms with E-state index < -0.39 is 0 Å². The van der Waals surface area contributed by atoms with Crippen LogP contribution in [0.4, 0.5) is 0 Å². The summed E-state index contributed by atoms with van der Waals surface area (Å²) >= 11 is 1.67. The summed E-state index contributed by atoms with van der Waals surface area (Å²) in [4.78, 5) is 16.3. The van der Waals surface area contributed by atoms with Crippen molar-refractivity contribution < 1.29 is 9.53 Å². The Bertz CT molecular complexity index is 492. The van der Waals surface area contributed by atoms with Gasteiger partial charge in [-0.3, -0.25) is 4.79 Å². The molecule has 1 aromatic heterocycles. The van der Waals surface area contributed by atoms with E-state index in [1.54, 1.807) is 24.0 Å². The standard InChI is InChI=1S/C13H14N2O2S/c1-17-12(16)7-13(3-4-13)9-18-11-2-5-15-10(6-11)8-14/h2,5-6H,3-4,7,9H2,1H3. The summed E-state index contributed by atoms with van der Waals surface area (Å²) in [6.07, 6.45) is 4.28. The predicted molar refractivity (Wildman–Crippen MR) is 68.0 cm³/mol. The Morgan fingerprint density at radius 3 is 3.06 bits per heavy atom. The van der Waals surface area contributed by atoms with Crippen LogP contribution in [0.5, 0.6) is 0 Å². The maximum absolute atomic E-state index is 11.3. The Hall–Kier alpha value is -1.54. The first-order valence-corrected chi connectivity index (χ1v) is 6.72. The third-order valence-electron chi connectivity index (χ3n) is 3.10. The Kier molecular flexibility index (Phi) is 3.87. The zero-order valence-corrected chi connectivity index (χ0v) is 11.0. The molecule has 0 N–H and O–H groups in total. The zero-order chi connectivity index (χ0) is 13.0.